The molecule has 1 saturated heterocycles. The molecule has 0 aromatic heterocycles. The van der Waals surface area contributed by atoms with Crippen LogP contribution in [-0.4, -0.2) is 47.2 Å². The third-order valence-electron chi connectivity index (χ3n) is 5.07. The number of benzene rings is 2. The average molecular weight is 433 g/mol. The van der Waals surface area contributed by atoms with Gasteiger partial charge in [-0.1, -0.05) is 17.7 Å². The summed E-state index contributed by atoms with van der Waals surface area (Å²) in [5.41, 5.74) is 2.56. The first kappa shape index (κ1) is 22.3. The maximum Gasteiger partial charge on any atom is 0.251 e. The van der Waals surface area contributed by atoms with Crippen LogP contribution in [0.5, 0.6) is 5.75 Å². The Balaban J connectivity index is 1.54. The second-order valence-electron chi connectivity index (χ2n) is 7.33. The summed E-state index contributed by atoms with van der Waals surface area (Å²) in [6, 6.07) is 11.8. The van der Waals surface area contributed by atoms with Gasteiger partial charge in [-0.3, -0.25) is 4.79 Å². The summed E-state index contributed by atoms with van der Waals surface area (Å²) in [5.74, 6) is 0.540. The summed E-state index contributed by atoms with van der Waals surface area (Å²) >= 11 is 0. The molecule has 0 aliphatic carbocycles. The molecule has 8 heteroatoms. The topological polar surface area (TPSA) is 93.7 Å². The van der Waals surface area contributed by atoms with Gasteiger partial charge < -0.3 is 14.8 Å². The quantitative estimate of drug-likeness (QED) is 0.635. The van der Waals surface area contributed by atoms with E-state index in [0.29, 0.717) is 25.1 Å². The van der Waals surface area contributed by atoms with Gasteiger partial charge in [0, 0.05) is 25.3 Å². The van der Waals surface area contributed by atoms with E-state index in [-0.39, 0.29) is 23.5 Å². The summed E-state index contributed by atoms with van der Waals surface area (Å²) in [6.07, 6.45) is 2.37. The van der Waals surface area contributed by atoms with Gasteiger partial charge in [0.05, 0.1) is 18.1 Å². The molecule has 1 atom stereocenters. The van der Waals surface area contributed by atoms with E-state index in [0.717, 1.165) is 29.7 Å². The van der Waals surface area contributed by atoms with Crippen molar-refractivity contribution in [3.8, 4) is 5.75 Å². The van der Waals surface area contributed by atoms with Gasteiger partial charge >= 0.3 is 0 Å². The van der Waals surface area contributed by atoms with Gasteiger partial charge in [-0.25, -0.2) is 13.1 Å². The smallest absolute Gasteiger partial charge is 0.251 e. The van der Waals surface area contributed by atoms with Crippen molar-refractivity contribution in [3.05, 3.63) is 59.2 Å². The molecule has 1 aliphatic heterocycles. The Bertz CT molecular complexity index is 968. The van der Waals surface area contributed by atoms with Crippen LogP contribution in [0, 0.1) is 6.92 Å². The highest BCUT2D eigenvalue weighted by Crippen LogP contribution is 2.20. The van der Waals surface area contributed by atoms with Gasteiger partial charge in [-0.05, 0) is 62.1 Å². The summed E-state index contributed by atoms with van der Waals surface area (Å²) in [5, 5.41) is 2.86. The molecule has 0 saturated carbocycles. The minimum Gasteiger partial charge on any atom is -0.496 e. The fourth-order valence-electron chi connectivity index (χ4n) is 3.39. The van der Waals surface area contributed by atoms with E-state index in [1.807, 2.05) is 25.1 Å². The lowest BCUT2D eigenvalue weighted by Gasteiger charge is -2.12. The lowest BCUT2D eigenvalue weighted by molar-refractivity contribution is 0.0954. The van der Waals surface area contributed by atoms with Crippen LogP contribution in [0.3, 0.4) is 0 Å². The molecular weight excluding hydrogens is 404 g/mol. The standard InChI is InChI=1S/C22H28N2O5S/c1-16-5-10-21(28-2)18(14-16)11-12-23-22(25)17-6-8-20(9-7-17)30(26,27)24-15-19-4-3-13-29-19/h5-10,14,19,24H,3-4,11-13,15H2,1-2H3,(H,23,25). The number of ether oxygens (including phenoxy) is 2. The van der Waals surface area contributed by atoms with Crippen molar-refractivity contribution in [2.24, 2.45) is 0 Å². The minimum atomic E-state index is -3.63. The number of rotatable bonds is 9. The zero-order chi connectivity index (χ0) is 21.6. The second-order valence-corrected chi connectivity index (χ2v) is 9.10. The Morgan fingerprint density at radius 1 is 1.20 bits per heavy atom. The van der Waals surface area contributed by atoms with Gasteiger partial charge in [0.1, 0.15) is 5.75 Å². The first-order valence-electron chi connectivity index (χ1n) is 10.0. The van der Waals surface area contributed by atoms with Gasteiger partial charge in [0.2, 0.25) is 10.0 Å². The van der Waals surface area contributed by atoms with Crippen LogP contribution in [0.25, 0.3) is 0 Å². The van der Waals surface area contributed by atoms with Gasteiger partial charge in [0.25, 0.3) is 5.91 Å². The molecule has 0 radical (unpaired) electrons. The molecule has 2 aromatic carbocycles. The van der Waals surface area contributed by atoms with Crippen LogP contribution in [0.1, 0.15) is 34.3 Å². The fraction of sp³-hybridized carbons (Fsp3) is 0.409. The maximum atomic E-state index is 12.4. The predicted octanol–water partition coefficient (Wildman–Crippen LogP) is 2.43. The molecule has 1 heterocycles. The van der Waals surface area contributed by atoms with Crippen LogP contribution in [0.2, 0.25) is 0 Å². The molecular formula is C22H28N2O5S. The summed E-state index contributed by atoms with van der Waals surface area (Å²) in [4.78, 5) is 12.5. The van der Waals surface area contributed by atoms with E-state index >= 15 is 0 Å². The number of nitrogens with one attached hydrogen (secondary N) is 2. The summed E-state index contributed by atoms with van der Waals surface area (Å²) in [7, 11) is -2.01. The zero-order valence-corrected chi connectivity index (χ0v) is 18.1. The van der Waals surface area contributed by atoms with E-state index < -0.39 is 10.0 Å². The third-order valence-corrected chi connectivity index (χ3v) is 6.51. The van der Waals surface area contributed by atoms with E-state index in [1.54, 1.807) is 7.11 Å². The van der Waals surface area contributed by atoms with Crippen LogP contribution in [-0.2, 0) is 21.2 Å². The second kappa shape index (κ2) is 10.1. The number of hydrogen-bond donors (Lipinski definition) is 2. The number of amides is 1. The first-order valence-corrected chi connectivity index (χ1v) is 11.5. The lowest BCUT2D eigenvalue weighted by Crippen LogP contribution is -2.32. The Morgan fingerprint density at radius 3 is 2.63 bits per heavy atom. The molecule has 30 heavy (non-hydrogen) atoms. The van der Waals surface area contributed by atoms with Crippen molar-refractivity contribution in [2.75, 3.05) is 26.8 Å². The van der Waals surface area contributed by atoms with Gasteiger partial charge in [-0.15, -0.1) is 0 Å². The molecule has 162 valence electrons. The normalized spacial score (nSPS) is 16.4. The molecule has 1 aliphatic rings. The van der Waals surface area contributed by atoms with Gasteiger partial charge in [-0.2, -0.15) is 0 Å². The Labute approximate surface area is 177 Å². The molecule has 1 fully saturated rings. The molecule has 7 nitrogen and oxygen atoms in total. The van der Waals surface area contributed by atoms with Crippen molar-refractivity contribution >= 4 is 15.9 Å². The number of aryl methyl sites for hydroxylation is 1. The molecule has 2 aromatic rings. The highest BCUT2D eigenvalue weighted by Gasteiger charge is 2.20. The maximum absolute atomic E-state index is 12.4. The SMILES string of the molecule is COc1ccc(C)cc1CCNC(=O)c1ccc(S(=O)(=O)NCC2CCCO2)cc1. The van der Waals surface area contributed by atoms with Crippen LogP contribution < -0.4 is 14.8 Å². The number of hydrogen-bond acceptors (Lipinski definition) is 5. The summed E-state index contributed by atoms with van der Waals surface area (Å²) in [6.45, 7) is 3.38. The Morgan fingerprint density at radius 2 is 1.97 bits per heavy atom. The van der Waals surface area contributed by atoms with Crippen molar-refractivity contribution < 1.29 is 22.7 Å². The molecule has 3 rings (SSSR count). The number of methoxy groups -OCH3 is 1. The molecule has 1 unspecified atom stereocenters. The zero-order valence-electron chi connectivity index (χ0n) is 17.3. The van der Waals surface area contributed by atoms with Crippen LogP contribution in [0.4, 0.5) is 0 Å². The summed E-state index contributed by atoms with van der Waals surface area (Å²) < 4.78 is 38.2. The Hall–Kier alpha value is -2.42. The van der Waals surface area contributed by atoms with E-state index in [9.17, 15) is 13.2 Å². The predicted molar refractivity (Wildman–Crippen MR) is 114 cm³/mol. The monoisotopic (exact) mass is 432 g/mol. The highest BCUT2D eigenvalue weighted by molar-refractivity contribution is 7.89. The number of sulfonamides is 1. The third kappa shape index (κ3) is 5.81. The average Bonchev–Trinajstić information content (AvgIpc) is 3.26. The largest absolute Gasteiger partial charge is 0.496 e. The minimum absolute atomic E-state index is 0.0724. The van der Waals surface area contributed by atoms with E-state index in [1.165, 1.54) is 24.3 Å². The fourth-order valence-corrected chi connectivity index (χ4v) is 4.46. The van der Waals surface area contributed by atoms with Gasteiger partial charge in [0.15, 0.2) is 0 Å². The molecule has 0 spiro atoms. The van der Waals surface area contributed by atoms with E-state index in [2.05, 4.69) is 10.0 Å². The highest BCUT2D eigenvalue weighted by atomic mass is 32.2. The van der Waals surface area contributed by atoms with Crippen LogP contribution in [0.15, 0.2) is 47.4 Å². The van der Waals surface area contributed by atoms with E-state index in [4.69, 9.17) is 9.47 Å². The van der Waals surface area contributed by atoms with Crippen molar-refractivity contribution in [1.82, 2.24) is 10.0 Å². The van der Waals surface area contributed by atoms with Crippen molar-refractivity contribution in [2.45, 2.75) is 37.2 Å². The first-order chi connectivity index (χ1) is 14.4. The molecule has 1 amide bonds. The van der Waals surface area contributed by atoms with Crippen molar-refractivity contribution in [1.29, 1.82) is 0 Å². The lowest BCUT2D eigenvalue weighted by atomic mass is 10.1. The van der Waals surface area contributed by atoms with Crippen LogP contribution >= 0.6 is 0 Å². The molecule has 2 N–H and O–H groups in total. The molecule has 0 bridgehead atoms. The van der Waals surface area contributed by atoms with Crippen molar-refractivity contribution in [3.63, 3.8) is 0 Å². The number of carbonyl (C=O) groups excluding carboxylic acids is 1. The Kier molecular flexibility index (Phi) is 7.47. The number of carbonyl (C=O) groups is 1.